The van der Waals surface area contributed by atoms with Gasteiger partial charge in [0.2, 0.25) is 0 Å². The molecule has 0 spiro atoms. The molecule has 1 aliphatic heterocycles. The zero-order valence-electron chi connectivity index (χ0n) is 10.3. The van der Waals surface area contributed by atoms with E-state index in [-0.39, 0.29) is 11.9 Å². The van der Waals surface area contributed by atoms with Crippen LogP contribution in [0.5, 0.6) is 0 Å². The largest absolute Gasteiger partial charge is 0.466 e. The molecule has 0 unspecified atom stereocenters. The van der Waals surface area contributed by atoms with E-state index in [1.165, 1.54) is 19.3 Å². The molecule has 96 valence electrons. The Morgan fingerprint density at radius 2 is 2.39 bits per heavy atom. The Bertz CT molecular complexity index is 465. The quantitative estimate of drug-likeness (QED) is 0.660. The molecule has 18 heavy (non-hydrogen) atoms. The first-order valence-electron chi connectivity index (χ1n) is 5.99. The number of carbonyl (C=O) groups excluding carboxylic acids is 1. The Morgan fingerprint density at radius 1 is 1.56 bits per heavy atom. The van der Waals surface area contributed by atoms with Gasteiger partial charge in [0.15, 0.2) is 0 Å². The smallest absolute Gasteiger partial charge is 0.330 e. The predicted molar refractivity (Wildman–Crippen MR) is 67.4 cm³/mol. The van der Waals surface area contributed by atoms with Crippen LogP contribution < -0.4 is 5.32 Å². The summed E-state index contributed by atoms with van der Waals surface area (Å²) < 4.78 is 18.4. The van der Waals surface area contributed by atoms with Crippen LogP contribution in [-0.4, -0.2) is 19.6 Å². The molecular weight excluding hydrogens is 233 g/mol. The van der Waals surface area contributed by atoms with Crippen molar-refractivity contribution in [3.05, 3.63) is 41.2 Å². The van der Waals surface area contributed by atoms with Crippen LogP contribution >= 0.6 is 0 Å². The summed E-state index contributed by atoms with van der Waals surface area (Å²) in [5.41, 5.74) is 1.35. The lowest BCUT2D eigenvalue weighted by Crippen LogP contribution is -2.14. The minimum absolute atomic E-state index is 0.114. The van der Waals surface area contributed by atoms with E-state index in [1.54, 1.807) is 18.2 Å². The highest BCUT2D eigenvalue weighted by Gasteiger charge is 2.19. The molecule has 1 aliphatic rings. The normalized spacial score (nSPS) is 19.3. The fraction of sp³-hybridized carbons (Fsp3) is 0.357. The number of rotatable bonds is 3. The molecule has 0 amide bonds. The van der Waals surface area contributed by atoms with Gasteiger partial charge in [0, 0.05) is 17.7 Å². The number of hydrogen-bond donors (Lipinski definition) is 1. The molecule has 0 radical (unpaired) electrons. The zero-order valence-corrected chi connectivity index (χ0v) is 10.3. The van der Waals surface area contributed by atoms with Crippen LogP contribution in [-0.2, 0) is 9.53 Å². The van der Waals surface area contributed by atoms with Crippen LogP contribution in [0.2, 0.25) is 0 Å². The van der Waals surface area contributed by atoms with E-state index in [4.69, 9.17) is 0 Å². The number of esters is 1. The van der Waals surface area contributed by atoms with E-state index in [9.17, 15) is 9.18 Å². The first-order chi connectivity index (χ1) is 8.70. The molecule has 1 aromatic rings. The summed E-state index contributed by atoms with van der Waals surface area (Å²) in [6.45, 7) is 0.939. The number of nitrogens with one attached hydrogen (secondary N) is 1. The summed E-state index contributed by atoms with van der Waals surface area (Å²) in [4.78, 5) is 10.9. The standard InChI is InChI=1S/C14H16FNO2/c1-18-14(17)7-5-10-4-6-11(12(15)9-10)13-3-2-8-16-13/h4-7,9,13,16H,2-3,8H2,1H3/b7-5+/t13-/m0/s1. The third-order valence-corrected chi connectivity index (χ3v) is 3.07. The van der Waals surface area contributed by atoms with Crippen LogP contribution in [0.1, 0.15) is 30.0 Å². The van der Waals surface area contributed by atoms with Crippen molar-refractivity contribution in [2.24, 2.45) is 0 Å². The van der Waals surface area contributed by atoms with Crippen molar-refractivity contribution in [3.8, 4) is 0 Å². The molecule has 2 rings (SSSR count). The highest BCUT2D eigenvalue weighted by atomic mass is 19.1. The highest BCUT2D eigenvalue weighted by molar-refractivity contribution is 5.86. The van der Waals surface area contributed by atoms with E-state index in [2.05, 4.69) is 10.1 Å². The molecule has 0 saturated carbocycles. The fourth-order valence-electron chi connectivity index (χ4n) is 2.11. The average molecular weight is 249 g/mol. The molecule has 0 aliphatic carbocycles. The van der Waals surface area contributed by atoms with Gasteiger partial charge in [-0.15, -0.1) is 0 Å². The maximum absolute atomic E-state index is 13.9. The van der Waals surface area contributed by atoms with Crippen LogP contribution in [0.4, 0.5) is 4.39 Å². The van der Waals surface area contributed by atoms with Crippen LogP contribution in [0.15, 0.2) is 24.3 Å². The first-order valence-corrected chi connectivity index (χ1v) is 5.99. The number of ether oxygens (including phenoxy) is 1. The van der Waals surface area contributed by atoms with Gasteiger partial charge >= 0.3 is 5.97 Å². The number of carbonyl (C=O) groups is 1. The van der Waals surface area contributed by atoms with Gasteiger partial charge < -0.3 is 10.1 Å². The Morgan fingerprint density at radius 3 is 3.00 bits per heavy atom. The second kappa shape index (κ2) is 5.78. The molecule has 1 atom stereocenters. The van der Waals surface area contributed by atoms with E-state index < -0.39 is 5.97 Å². The van der Waals surface area contributed by atoms with Crippen molar-refractivity contribution in [2.45, 2.75) is 18.9 Å². The Balaban J connectivity index is 2.14. The summed E-state index contributed by atoms with van der Waals surface area (Å²) in [6.07, 6.45) is 4.87. The van der Waals surface area contributed by atoms with E-state index in [1.807, 2.05) is 0 Å². The number of halogens is 1. The molecule has 1 heterocycles. The molecular formula is C14H16FNO2. The maximum atomic E-state index is 13.9. The number of hydrogen-bond acceptors (Lipinski definition) is 3. The summed E-state index contributed by atoms with van der Waals surface area (Å²) >= 11 is 0. The minimum Gasteiger partial charge on any atom is -0.466 e. The molecule has 1 N–H and O–H groups in total. The van der Waals surface area contributed by atoms with Gasteiger partial charge in [-0.05, 0) is 37.1 Å². The van der Waals surface area contributed by atoms with Crippen LogP contribution in [0, 0.1) is 5.82 Å². The lowest BCUT2D eigenvalue weighted by atomic mass is 10.0. The van der Waals surface area contributed by atoms with Crippen LogP contribution in [0.3, 0.4) is 0 Å². The van der Waals surface area contributed by atoms with Crippen molar-refractivity contribution < 1.29 is 13.9 Å². The van der Waals surface area contributed by atoms with Gasteiger partial charge in [-0.25, -0.2) is 9.18 Å². The summed E-state index contributed by atoms with van der Waals surface area (Å²) in [6, 6.07) is 5.13. The summed E-state index contributed by atoms with van der Waals surface area (Å²) in [5.74, 6) is -0.682. The molecule has 3 nitrogen and oxygen atoms in total. The van der Waals surface area contributed by atoms with Gasteiger partial charge in [-0.1, -0.05) is 12.1 Å². The third kappa shape index (κ3) is 2.96. The fourth-order valence-corrected chi connectivity index (χ4v) is 2.11. The van der Waals surface area contributed by atoms with Crippen molar-refractivity contribution in [1.29, 1.82) is 0 Å². The average Bonchev–Trinajstić information content (AvgIpc) is 2.89. The van der Waals surface area contributed by atoms with E-state index >= 15 is 0 Å². The topological polar surface area (TPSA) is 38.3 Å². The molecule has 1 fully saturated rings. The number of methoxy groups -OCH3 is 1. The third-order valence-electron chi connectivity index (χ3n) is 3.07. The van der Waals surface area contributed by atoms with Crippen LogP contribution in [0.25, 0.3) is 6.08 Å². The van der Waals surface area contributed by atoms with Crippen molar-refractivity contribution in [1.82, 2.24) is 5.32 Å². The lowest BCUT2D eigenvalue weighted by molar-refractivity contribution is -0.134. The first kappa shape index (κ1) is 12.8. The van der Waals surface area contributed by atoms with Gasteiger partial charge in [0.1, 0.15) is 5.82 Å². The zero-order chi connectivity index (χ0) is 13.0. The second-order valence-corrected chi connectivity index (χ2v) is 4.29. The molecule has 1 aromatic carbocycles. The SMILES string of the molecule is COC(=O)/C=C/c1ccc([C@@H]2CCCN2)c(F)c1. The van der Waals surface area contributed by atoms with E-state index in [0.29, 0.717) is 11.1 Å². The van der Waals surface area contributed by atoms with Gasteiger partial charge in [0.05, 0.1) is 7.11 Å². The molecule has 1 saturated heterocycles. The molecule has 4 heteroatoms. The predicted octanol–water partition coefficient (Wildman–Crippen LogP) is 2.44. The maximum Gasteiger partial charge on any atom is 0.330 e. The lowest BCUT2D eigenvalue weighted by Gasteiger charge is -2.11. The minimum atomic E-state index is -0.447. The Hall–Kier alpha value is -1.68. The highest BCUT2D eigenvalue weighted by Crippen LogP contribution is 2.26. The Kier molecular flexibility index (Phi) is 4.10. The second-order valence-electron chi connectivity index (χ2n) is 4.29. The molecule has 0 aromatic heterocycles. The van der Waals surface area contributed by atoms with Gasteiger partial charge in [0.25, 0.3) is 0 Å². The molecule has 0 bridgehead atoms. The summed E-state index contributed by atoms with van der Waals surface area (Å²) in [7, 11) is 1.31. The van der Waals surface area contributed by atoms with Crippen molar-refractivity contribution >= 4 is 12.0 Å². The Labute approximate surface area is 106 Å². The van der Waals surface area contributed by atoms with Gasteiger partial charge in [-0.2, -0.15) is 0 Å². The van der Waals surface area contributed by atoms with E-state index in [0.717, 1.165) is 19.4 Å². The monoisotopic (exact) mass is 249 g/mol. The van der Waals surface area contributed by atoms with Crippen molar-refractivity contribution in [3.63, 3.8) is 0 Å². The summed E-state index contributed by atoms with van der Waals surface area (Å²) in [5, 5.41) is 3.26. The van der Waals surface area contributed by atoms with Gasteiger partial charge in [-0.3, -0.25) is 0 Å². The van der Waals surface area contributed by atoms with Crippen molar-refractivity contribution in [2.75, 3.05) is 13.7 Å². The number of benzene rings is 1.